The Hall–Kier alpha value is -3.75. The summed E-state index contributed by atoms with van der Waals surface area (Å²) in [6.07, 6.45) is 0. The van der Waals surface area contributed by atoms with Gasteiger partial charge in [0.2, 0.25) is 0 Å². The Balaban J connectivity index is 1.74. The summed E-state index contributed by atoms with van der Waals surface area (Å²) in [5.41, 5.74) is 1.01. The first kappa shape index (κ1) is 21.1. The molecule has 2 heterocycles. The Morgan fingerprint density at radius 3 is 2.55 bits per heavy atom. The largest absolute Gasteiger partial charge is 0.508 e. The number of carbonyl (C=O) groups is 2. The Labute approximate surface area is 195 Å². The van der Waals surface area contributed by atoms with Crippen LogP contribution in [0.1, 0.15) is 17.2 Å². The molecule has 3 aromatic carbocycles. The minimum absolute atomic E-state index is 0.0732. The average Bonchev–Trinajstić information content (AvgIpc) is 3.32. The van der Waals surface area contributed by atoms with Crippen LogP contribution in [-0.4, -0.2) is 26.9 Å². The minimum atomic E-state index is -1.06. The van der Waals surface area contributed by atoms with E-state index in [9.17, 15) is 24.2 Å². The van der Waals surface area contributed by atoms with Crippen LogP contribution in [0.25, 0.3) is 16.0 Å². The van der Waals surface area contributed by atoms with Crippen LogP contribution in [0.4, 0.5) is 9.52 Å². The van der Waals surface area contributed by atoms with Crippen LogP contribution in [-0.2, 0) is 9.59 Å². The van der Waals surface area contributed by atoms with Crippen LogP contribution < -0.4 is 4.90 Å². The number of ketones is 1. The molecule has 0 spiro atoms. The number of phenols is 1. The Morgan fingerprint density at radius 1 is 1.06 bits per heavy atom. The lowest BCUT2D eigenvalue weighted by Gasteiger charge is -2.23. The second-order valence-electron chi connectivity index (χ2n) is 7.38. The third kappa shape index (κ3) is 3.63. The van der Waals surface area contributed by atoms with Gasteiger partial charge < -0.3 is 10.2 Å². The van der Waals surface area contributed by atoms with Crippen LogP contribution >= 0.6 is 22.9 Å². The number of aromatic hydroxyl groups is 1. The smallest absolute Gasteiger partial charge is 0.301 e. The summed E-state index contributed by atoms with van der Waals surface area (Å²) in [7, 11) is 0. The molecule has 1 amide bonds. The number of aromatic nitrogens is 1. The van der Waals surface area contributed by atoms with E-state index in [4.69, 9.17) is 11.6 Å². The minimum Gasteiger partial charge on any atom is -0.508 e. The molecule has 1 aliphatic heterocycles. The van der Waals surface area contributed by atoms with E-state index in [0.717, 1.165) is 11.3 Å². The van der Waals surface area contributed by atoms with Crippen LogP contribution in [0.15, 0.2) is 72.3 Å². The molecular formula is C24H14ClFN2O4S. The summed E-state index contributed by atoms with van der Waals surface area (Å²) in [6.45, 7) is 0. The van der Waals surface area contributed by atoms with E-state index in [-0.39, 0.29) is 22.2 Å². The molecule has 1 saturated heterocycles. The number of fused-ring (bicyclic) bond motifs is 1. The van der Waals surface area contributed by atoms with Gasteiger partial charge in [-0.05, 0) is 60.2 Å². The highest BCUT2D eigenvalue weighted by Crippen LogP contribution is 2.44. The number of halogens is 2. The van der Waals surface area contributed by atoms with Crippen LogP contribution in [0.2, 0.25) is 5.02 Å². The highest BCUT2D eigenvalue weighted by atomic mass is 35.5. The van der Waals surface area contributed by atoms with Crippen molar-refractivity contribution in [3.63, 3.8) is 0 Å². The van der Waals surface area contributed by atoms with Crippen molar-refractivity contribution >= 4 is 55.7 Å². The average molecular weight is 481 g/mol. The van der Waals surface area contributed by atoms with Crippen molar-refractivity contribution in [1.82, 2.24) is 4.98 Å². The predicted molar refractivity (Wildman–Crippen MR) is 124 cm³/mol. The van der Waals surface area contributed by atoms with Gasteiger partial charge in [-0.1, -0.05) is 35.1 Å². The molecule has 1 unspecified atom stereocenters. The molecule has 1 atom stereocenters. The van der Waals surface area contributed by atoms with Crippen molar-refractivity contribution in [2.45, 2.75) is 6.04 Å². The van der Waals surface area contributed by atoms with Gasteiger partial charge in [0.25, 0.3) is 5.78 Å². The van der Waals surface area contributed by atoms with Gasteiger partial charge in [0.05, 0.1) is 21.8 Å². The summed E-state index contributed by atoms with van der Waals surface area (Å²) >= 11 is 6.98. The molecule has 1 aromatic heterocycles. The molecular weight excluding hydrogens is 467 g/mol. The maximum atomic E-state index is 13.7. The molecule has 1 aliphatic rings. The molecule has 9 heteroatoms. The van der Waals surface area contributed by atoms with Crippen molar-refractivity contribution < 1.29 is 24.2 Å². The highest BCUT2D eigenvalue weighted by Gasteiger charge is 2.48. The lowest BCUT2D eigenvalue weighted by molar-refractivity contribution is -0.132. The van der Waals surface area contributed by atoms with Gasteiger partial charge in [0, 0.05) is 10.6 Å². The van der Waals surface area contributed by atoms with Gasteiger partial charge in [-0.15, -0.1) is 0 Å². The fourth-order valence-corrected chi connectivity index (χ4v) is 4.94. The number of thiazole rings is 1. The first-order chi connectivity index (χ1) is 15.8. The first-order valence-corrected chi connectivity index (χ1v) is 10.9. The van der Waals surface area contributed by atoms with E-state index in [2.05, 4.69) is 4.98 Å². The number of aliphatic hydroxyl groups excluding tert-OH is 1. The topological polar surface area (TPSA) is 90.7 Å². The van der Waals surface area contributed by atoms with Crippen molar-refractivity contribution in [2.24, 2.45) is 0 Å². The molecule has 33 heavy (non-hydrogen) atoms. The normalized spacial score (nSPS) is 17.8. The second-order valence-corrected chi connectivity index (χ2v) is 8.82. The maximum Gasteiger partial charge on any atom is 0.301 e. The van der Waals surface area contributed by atoms with Crippen LogP contribution in [0.5, 0.6) is 5.75 Å². The lowest BCUT2D eigenvalue weighted by Crippen LogP contribution is -2.29. The quantitative estimate of drug-likeness (QED) is 0.232. The summed E-state index contributed by atoms with van der Waals surface area (Å²) < 4.78 is 14.2. The molecule has 6 nitrogen and oxygen atoms in total. The molecule has 1 fully saturated rings. The lowest BCUT2D eigenvalue weighted by atomic mass is 9.95. The summed E-state index contributed by atoms with van der Waals surface area (Å²) in [5.74, 6) is -2.70. The third-order valence-corrected chi connectivity index (χ3v) is 6.56. The van der Waals surface area contributed by atoms with Crippen molar-refractivity contribution in [2.75, 3.05) is 4.90 Å². The number of benzene rings is 3. The van der Waals surface area contributed by atoms with E-state index in [1.165, 1.54) is 47.4 Å². The van der Waals surface area contributed by atoms with Gasteiger partial charge in [0.1, 0.15) is 17.3 Å². The molecule has 2 N–H and O–H groups in total. The van der Waals surface area contributed by atoms with Gasteiger partial charge in [0.15, 0.2) is 5.13 Å². The number of carbonyl (C=O) groups excluding carboxylic acids is 2. The van der Waals surface area contributed by atoms with Gasteiger partial charge in [-0.25, -0.2) is 9.37 Å². The fraction of sp³-hybridized carbons (Fsp3) is 0.0417. The Kier molecular flexibility index (Phi) is 5.11. The SMILES string of the molecule is O=C1C(=O)N(c2nc3ccc(F)cc3s2)C(c2cccc(O)c2)/C1=C(\O)c1ccc(Cl)cc1. The van der Waals surface area contributed by atoms with Crippen molar-refractivity contribution in [3.8, 4) is 5.75 Å². The fourth-order valence-electron chi connectivity index (χ4n) is 3.79. The van der Waals surface area contributed by atoms with Crippen LogP contribution in [0.3, 0.4) is 0 Å². The third-order valence-electron chi connectivity index (χ3n) is 5.29. The number of hydrogen-bond donors (Lipinski definition) is 2. The second kappa shape index (κ2) is 7.99. The number of rotatable bonds is 3. The van der Waals surface area contributed by atoms with Crippen molar-refractivity contribution in [1.29, 1.82) is 0 Å². The molecule has 0 saturated carbocycles. The number of nitrogens with zero attached hydrogens (tertiary/aromatic N) is 2. The van der Waals surface area contributed by atoms with Gasteiger partial charge in [-0.3, -0.25) is 14.5 Å². The zero-order valence-corrected chi connectivity index (χ0v) is 18.3. The zero-order valence-electron chi connectivity index (χ0n) is 16.7. The van der Waals surface area contributed by atoms with E-state index < -0.39 is 23.5 Å². The molecule has 164 valence electrons. The summed E-state index contributed by atoms with van der Waals surface area (Å²) in [6, 6.07) is 15.2. The van der Waals surface area contributed by atoms with E-state index >= 15 is 0 Å². The van der Waals surface area contributed by atoms with Gasteiger partial charge in [-0.2, -0.15) is 0 Å². The Morgan fingerprint density at radius 2 is 1.82 bits per heavy atom. The number of hydrogen-bond acceptors (Lipinski definition) is 6. The van der Waals surface area contributed by atoms with Crippen molar-refractivity contribution in [3.05, 3.63) is 94.3 Å². The van der Waals surface area contributed by atoms with E-state index in [1.54, 1.807) is 24.3 Å². The van der Waals surface area contributed by atoms with Gasteiger partial charge >= 0.3 is 5.91 Å². The van der Waals surface area contributed by atoms with E-state index in [0.29, 0.717) is 26.4 Å². The summed E-state index contributed by atoms with van der Waals surface area (Å²) in [4.78, 5) is 31.9. The molecule has 0 radical (unpaired) electrons. The zero-order chi connectivity index (χ0) is 23.3. The predicted octanol–water partition coefficient (Wildman–Crippen LogP) is 5.42. The molecule has 5 rings (SSSR count). The Bertz CT molecular complexity index is 1470. The molecule has 0 bridgehead atoms. The molecule has 0 aliphatic carbocycles. The first-order valence-electron chi connectivity index (χ1n) is 9.75. The number of aliphatic hydroxyl groups is 1. The maximum absolute atomic E-state index is 13.7. The standard InChI is InChI=1S/C24H14ClFN2O4S/c25-14-6-4-12(5-7-14)21(30)19-20(13-2-1-3-16(29)10-13)28(23(32)22(19)31)24-27-17-9-8-15(26)11-18(17)33-24/h1-11,20,29-30H/b21-19+. The highest BCUT2D eigenvalue weighted by molar-refractivity contribution is 7.22. The number of anilines is 1. The van der Waals surface area contributed by atoms with E-state index in [1.807, 2.05) is 0 Å². The number of Topliss-reactive ketones (excluding diaryl/α,β-unsaturated/α-hetero) is 1. The summed E-state index contributed by atoms with van der Waals surface area (Å²) in [5, 5.41) is 21.7. The number of phenolic OH excluding ortho intramolecular Hbond substituents is 1. The van der Waals surface area contributed by atoms with Crippen LogP contribution in [0, 0.1) is 5.82 Å². The monoisotopic (exact) mass is 480 g/mol. The number of amides is 1. The molecule has 4 aromatic rings.